The molecule has 0 atom stereocenters. The fraction of sp³-hybridized carbons (Fsp3) is 0.0625. The fourth-order valence-electron chi connectivity index (χ4n) is 1.97. The van der Waals surface area contributed by atoms with Gasteiger partial charge in [-0.1, -0.05) is 23.7 Å². The molecule has 0 saturated heterocycles. The molecule has 0 aliphatic heterocycles. The summed E-state index contributed by atoms with van der Waals surface area (Å²) in [4.78, 5) is 35.2. The highest BCUT2D eigenvalue weighted by Gasteiger charge is 2.18. The van der Waals surface area contributed by atoms with Crippen molar-refractivity contribution < 1.29 is 14.4 Å². The minimum Gasteiger partial charge on any atom is -0.366 e. The van der Waals surface area contributed by atoms with Crippen LogP contribution in [0.2, 0.25) is 5.02 Å². The number of nitrogens with one attached hydrogen (secondary N) is 1. The third kappa shape index (κ3) is 3.32. The molecule has 0 heterocycles. The summed E-state index contributed by atoms with van der Waals surface area (Å²) in [5, 5.41) is 2.84. The molecule has 0 fully saturated rings. The number of halogens is 1. The number of carbonyl (C=O) groups excluding carboxylic acids is 3. The molecule has 22 heavy (non-hydrogen) atoms. The number of carbonyl (C=O) groups is 3. The third-order valence-corrected chi connectivity index (χ3v) is 3.31. The zero-order chi connectivity index (χ0) is 16.3. The van der Waals surface area contributed by atoms with E-state index in [0.717, 1.165) is 0 Å². The Labute approximate surface area is 132 Å². The zero-order valence-corrected chi connectivity index (χ0v) is 12.5. The van der Waals surface area contributed by atoms with E-state index in [1.807, 2.05) is 0 Å². The number of hydrogen-bond donors (Lipinski definition) is 2. The molecular formula is C16H13ClN2O3. The summed E-state index contributed by atoms with van der Waals surface area (Å²) in [5.74, 6) is -1.40. The van der Waals surface area contributed by atoms with E-state index >= 15 is 0 Å². The van der Waals surface area contributed by atoms with Gasteiger partial charge in [0, 0.05) is 23.6 Å². The maximum Gasteiger partial charge on any atom is 0.248 e. The summed E-state index contributed by atoms with van der Waals surface area (Å²) >= 11 is 6.03. The number of primary amides is 1. The van der Waals surface area contributed by atoms with Gasteiger partial charge in [0.1, 0.15) is 0 Å². The van der Waals surface area contributed by atoms with Gasteiger partial charge in [-0.25, -0.2) is 0 Å². The molecule has 0 aliphatic rings. The molecule has 2 aromatic rings. The lowest BCUT2D eigenvalue weighted by Crippen LogP contribution is -2.16. The van der Waals surface area contributed by atoms with Crippen LogP contribution in [0.15, 0.2) is 42.5 Å². The highest BCUT2D eigenvalue weighted by molar-refractivity contribution is 6.35. The molecule has 112 valence electrons. The lowest BCUT2D eigenvalue weighted by molar-refractivity contribution is -0.114. The second-order valence-electron chi connectivity index (χ2n) is 4.61. The Morgan fingerprint density at radius 1 is 1.05 bits per heavy atom. The van der Waals surface area contributed by atoms with E-state index in [2.05, 4.69) is 5.32 Å². The van der Waals surface area contributed by atoms with E-state index in [1.54, 1.807) is 24.3 Å². The Morgan fingerprint density at radius 3 is 2.32 bits per heavy atom. The summed E-state index contributed by atoms with van der Waals surface area (Å²) in [6.45, 7) is 1.33. The van der Waals surface area contributed by atoms with Gasteiger partial charge < -0.3 is 11.1 Å². The van der Waals surface area contributed by atoms with E-state index in [9.17, 15) is 14.4 Å². The predicted octanol–water partition coefficient (Wildman–Crippen LogP) is 2.63. The molecule has 0 radical (unpaired) electrons. The van der Waals surface area contributed by atoms with Gasteiger partial charge in [-0.2, -0.15) is 0 Å². The van der Waals surface area contributed by atoms with Crippen LogP contribution in [0.3, 0.4) is 0 Å². The van der Waals surface area contributed by atoms with Crippen molar-refractivity contribution in [1.82, 2.24) is 0 Å². The first-order valence-electron chi connectivity index (χ1n) is 6.41. The summed E-state index contributed by atoms with van der Waals surface area (Å²) in [5.41, 5.74) is 6.13. The highest BCUT2D eigenvalue weighted by Crippen LogP contribution is 2.25. The van der Waals surface area contributed by atoms with Crippen LogP contribution in [0, 0.1) is 0 Å². The van der Waals surface area contributed by atoms with E-state index in [0.29, 0.717) is 5.69 Å². The van der Waals surface area contributed by atoms with Crippen LogP contribution in [-0.4, -0.2) is 17.6 Å². The first kappa shape index (κ1) is 15.7. The molecule has 0 bridgehead atoms. The summed E-state index contributed by atoms with van der Waals surface area (Å²) in [6, 6.07) is 10.8. The van der Waals surface area contributed by atoms with Crippen LogP contribution < -0.4 is 11.1 Å². The summed E-state index contributed by atoms with van der Waals surface area (Å²) in [7, 11) is 0. The lowest BCUT2D eigenvalue weighted by atomic mass is 9.99. The molecule has 0 aliphatic carbocycles. The molecule has 5 nitrogen and oxygen atoms in total. The van der Waals surface area contributed by atoms with Crippen molar-refractivity contribution in [3.05, 3.63) is 64.2 Å². The average molecular weight is 317 g/mol. The van der Waals surface area contributed by atoms with Gasteiger partial charge in [0.25, 0.3) is 0 Å². The van der Waals surface area contributed by atoms with Gasteiger partial charge in [-0.05, 0) is 30.3 Å². The smallest absolute Gasteiger partial charge is 0.248 e. The Hall–Kier alpha value is -2.66. The number of rotatable bonds is 4. The van der Waals surface area contributed by atoms with Crippen LogP contribution >= 0.6 is 11.6 Å². The SMILES string of the molecule is CC(=O)Nc1ccc(C(N)=O)cc1C(=O)c1ccccc1Cl. The molecule has 0 unspecified atom stereocenters. The van der Waals surface area contributed by atoms with E-state index in [-0.39, 0.29) is 27.6 Å². The van der Waals surface area contributed by atoms with Crippen molar-refractivity contribution in [1.29, 1.82) is 0 Å². The molecular weight excluding hydrogens is 304 g/mol. The monoisotopic (exact) mass is 316 g/mol. The van der Waals surface area contributed by atoms with Gasteiger partial charge in [-0.15, -0.1) is 0 Å². The Bertz CT molecular complexity index is 772. The van der Waals surface area contributed by atoms with Crippen LogP contribution in [0.4, 0.5) is 5.69 Å². The molecule has 0 aromatic heterocycles. The first-order valence-corrected chi connectivity index (χ1v) is 6.78. The number of benzene rings is 2. The van der Waals surface area contributed by atoms with Gasteiger partial charge in [0.2, 0.25) is 11.8 Å². The van der Waals surface area contributed by atoms with Gasteiger partial charge >= 0.3 is 0 Å². The maximum absolute atomic E-state index is 12.7. The normalized spacial score (nSPS) is 10.1. The second kappa shape index (κ2) is 6.41. The van der Waals surface area contributed by atoms with E-state index in [4.69, 9.17) is 17.3 Å². The fourth-order valence-corrected chi connectivity index (χ4v) is 2.20. The van der Waals surface area contributed by atoms with Crippen molar-refractivity contribution in [2.45, 2.75) is 6.92 Å². The number of anilines is 1. The third-order valence-electron chi connectivity index (χ3n) is 2.98. The predicted molar refractivity (Wildman–Crippen MR) is 84.1 cm³/mol. The zero-order valence-electron chi connectivity index (χ0n) is 11.7. The Balaban J connectivity index is 2.57. The number of hydrogen-bond acceptors (Lipinski definition) is 3. The molecule has 3 N–H and O–H groups in total. The maximum atomic E-state index is 12.7. The lowest BCUT2D eigenvalue weighted by Gasteiger charge is -2.11. The van der Waals surface area contributed by atoms with E-state index in [1.165, 1.54) is 25.1 Å². The summed E-state index contributed by atoms with van der Waals surface area (Å²) in [6.07, 6.45) is 0. The molecule has 2 rings (SSSR count). The van der Waals surface area contributed by atoms with Crippen molar-refractivity contribution in [3.8, 4) is 0 Å². The van der Waals surface area contributed by atoms with Gasteiger partial charge in [-0.3, -0.25) is 14.4 Å². The van der Waals surface area contributed by atoms with Crippen LogP contribution in [-0.2, 0) is 4.79 Å². The molecule has 2 aromatic carbocycles. The molecule has 0 saturated carbocycles. The van der Waals surface area contributed by atoms with Crippen LogP contribution in [0.25, 0.3) is 0 Å². The number of nitrogens with two attached hydrogens (primary N) is 1. The van der Waals surface area contributed by atoms with Gasteiger partial charge in [0.05, 0.1) is 10.7 Å². The summed E-state index contributed by atoms with van der Waals surface area (Å²) < 4.78 is 0. The Morgan fingerprint density at radius 2 is 1.73 bits per heavy atom. The standard InChI is InChI=1S/C16H13ClN2O3/c1-9(20)19-14-7-6-10(16(18)22)8-12(14)15(21)11-4-2-3-5-13(11)17/h2-8H,1H3,(H2,18,22)(H,19,20). The second-order valence-corrected chi connectivity index (χ2v) is 5.02. The Kier molecular flexibility index (Phi) is 4.58. The van der Waals surface area contributed by atoms with Crippen LogP contribution in [0.5, 0.6) is 0 Å². The largest absolute Gasteiger partial charge is 0.366 e. The topological polar surface area (TPSA) is 89.3 Å². The van der Waals surface area contributed by atoms with Crippen molar-refractivity contribution in [2.24, 2.45) is 5.73 Å². The first-order chi connectivity index (χ1) is 10.4. The molecule has 0 spiro atoms. The van der Waals surface area contributed by atoms with Crippen molar-refractivity contribution >= 4 is 34.9 Å². The average Bonchev–Trinajstić information content (AvgIpc) is 2.46. The quantitative estimate of drug-likeness (QED) is 0.850. The van der Waals surface area contributed by atoms with Crippen LogP contribution in [0.1, 0.15) is 33.2 Å². The van der Waals surface area contributed by atoms with E-state index < -0.39 is 11.7 Å². The van der Waals surface area contributed by atoms with Crippen molar-refractivity contribution in [3.63, 3.8) is 0 Å². The minimum atomic E-state index is -0.664. The van der Waals surface area contributed by atoms with Crippen molar-refractivity contribution in [2.75, 3.05) is 5.32 Å². The highest BCUT2D eigenvalue weighted by atomic mass is 35.5. The number of amides is 2. The van der Waals surface area contributed by atoms with Gasteiger partial charge in [0.15, 0.2) is 5.78 Å². The molecule has 6 heteroatoms. The number of ketones is 1. The molecule has 2 amide bonds. The minimum absolute atomic E-state index is 0.152.